The quantitative estimate of drug-likeness (QED) is 0.856. The average Bonchev–Trinajstić information content (AvgIpc) is 2.90. The first-order valence-corrected chi connectivity index (χ1v) is 7.19. The number of halogens is 1. The van der Waals surface area contributed by atoms with Crippen molar-refractivity contribution in [2.75, 3.05) is 7.05 Å². The highest BCUT2D eigenvalue weighted by atomic mass is 35.5. The second-order valence-electron chi connectivity index (χ2n) is 4.84. The molecule has 1 atom stereocenters. The maximum absolute atomic E-state index is 11.7. The van der Waals surface area contributed by atoms with Crippen LogP contribution >= 0.6 is 11.6 Å². The zero-order chi connectivity index (χ0) is 14.9. The van der Waals surface area contributed by atoms with Gasteiger partial charge in [-0.25, -0.2) is 4.98 Å². The molecule has 1 amide bonds. The van der Waals surface area contributed by atoms with E-state index in [1.54, 1.807) is 11.7 Å². The molecule has 20 heavy (non-hydrogen) atoms. The van der Waals surface area contributed by atoms with Gasteiger partial charge in [0, 0.05) is 14.1 Å². The van der Waals surface area contributed by atoms with E-state index in [2.05, 4.69) is 22.3 Å². The Hall–Kier alpha value is -1.56. The fourth-order valence-electron chi connectivity index (χ4n) is 2.35. The Bertz CT molecular complexity index is 628. The summed E-state index contributed by atoms with van der Waals surface area (Å²) in [5.74, 6) is 0.622. The maximum atomic E-state index is 11.7. The van der Waals surface area contributed by atoms with Gasteiger partial charge in [0.1, 0.15) is 17.9 Å². The van der Waals surface area contributed by atoms with E-state index in [-0.39, 0.29) is 17.8 Å². The Labute approximate surface area is 123 Å². The van der Waals surface area contributed by atoms with E-state index >= 15 is 0 Å². The van der Waals surface area contributed by atoms with Crippen LogP contribution in [-0.4, -0.2) is 32.3 Å². The molecule has 110 valence electrons. The molecule has 0 aromatic carbocycles. The lowest BCUT2D eigenvalue weighted by molar-refractivity contribution is -0.121. The van der Waals surface area contributed by atoms with Gasteiger partial charge in [-0.1, -0.05) is 13.3 Å². The van der Waals surface area contributed by atoms with E-state index in [9.17, 15) is 4.79 Å². The fraction of sp³-hybridized carbons (Fsp3) is 0.615. The van der Waals surface area contributed by atoms with E-state index in [1.165, 1.54) is 0 Å². The van der Waals surface area contributed by atoms with Gasteiger partial charge < -0.3 is 9.88 Å². The average molecular weight is 298 g/mol. The fourth-order valence-corrected chi connectivity index (χ4v) is 2.51. The van der Waals surface area contributed by atoms with Gasteiger partial charge in [-0.15, -0.1) is 11.6 Å². The second kappa shape index (κ2) is 5.83. The third-order valence-electron chi connectivity index (χ3n) is 3.24. The number of aryl methyl sites for hydroxylation is 2. The van der Waals surface area contributed by atoms with E-state index in [0.29, 0.717) is 5.82 Å². The van der Waals surface area contributed by atoms with Gasteiger partial charge in [0.05, 0.1) is 11.1 Å². The predicted octanol–water partition coefficient (Wildman–Crippen LogP) is 1.77. The van der Waals surface area contributed by atoms with Crippen molar-refractivity contribution in [3.63, 3.8) is 0 Å². The Kier molecular flexibility index (Phi) is 4.32. The number of carbonyl (C=O) groups is 1. The highest BCUT2D eigenvalue weighted by Gasteiger charge is 2.22. The van der Waals surface area contributed by atoms with Crippen molar-refractivity contribution >= 4 is 28.7 Å². The van der Waals surface area contributed by atoms with Gasteiger partial charge in [-0.05, 0) is 13.3 Å². The number of hydrogen-bond acceptors (Lipinski definition) is 3. The zero-order valence-corrected chi connectivity index (χ0v) is 13.0. The number of carbonyl (C=O) groups excluding carboxylic acids is 1. The Balaban J connectivity index is 2.61. The van der Waals surface area contributed by atoms with Crippen LogP contribution in [0.3, 0.4) is 0 Å². The van der Waals surface area contributed by atoms with Crippen LogP contribution in [0.25, 0.3) is 11.2 Å². The standard InChI is InChI=1S/C13H20ClN5O/c1-5-6-9-11-13(18(4)17-9)19(7-10(20)15-3)12(16-11)8(2)14/h8H,5-7H2,1-4H3,(H,15,20). The number of amides is 1. The summed E-state index contributed by atoms with van der Waals surface area (Å²) in [6.07, 6.45) is 1.87. The van der Waals surface area contributed by atoms with Crippen LogP contribution in [0, 0.1) is 0 Å². The molecule has 0 saturated heterocycles. The largest absolute Gasteiger partial charge is 0.358 e. The Morgan fingerprint density at radius 2 is 2.20 bits per heavy atom. The molecule has 0 bridgehead atoms. The lowest BCUT2D eigenvalue weighted by Gasteiger charge is -2.09. The van der Waals surface area contributed by atoms with Gasteiger partial charge in [0.25, 0.3) is 0 Å². The minimum absolute atomic E-state index is 0.0823. The van der Waals surface area contributed by atoms with E-state index in [1.807, 2.05) is 18.5 Å². The number of likely N-dealkylation sites (N-methyl/N-ethyl adjacent to an activating group) is 1. The minimum Gasteiger partial charge on any atom is -0.358 e. The summed E-state index contributed by atoms with van der Waals surface area (Å²) in [5, 5.41) is 6.86. The normalized spacial score (nSPS) is 12.8. The van der Waals surface area contributed by atoms with Gasteiger partial charge in [0.15, 0.2) is 5.65 Å². The van der Waals surface area contributed by atoms with Gasteiger partial charge >= 0.3 is 0 Å². The Morgan fingerprint density at radius 3 is 2.75 bits per heavy atom. The van der Waals surface area contributed by atoms with Crippen molar-refractivity contribution in [3.8, 4) is 0 Å². The monoisotopic (exact) mass is 297 g/mol. The van der Waals surface area contributed by atoms with Gasteiger partial charge in [-0.3, -0.25) is 9.48 Å². The van der Waals surface area contributed by atoms with Crippen LogP contribution in [0.15, 0.2) is 0 Å². The highest BCUT2D eigenvalue weighted by molar-refractivity contribution is 6.20. The van der Waals surface area contributed by atoms with Gasteiger partial charge in [0.2, 0.25) is 5.91 Å². The van der Waals surface area contributed by atoms with Gasteiger partial charge in [-0.2, -0.15) is 5.10 Å². The number of nitrogens with zero attached hydrogens (tertiary/aromatic N) is 4. The molecule has 1 unspecified atom stereocenters. The molecule has 7 heteroatoms. The third kappa shape index (κ3) is 2.52. The van der Waals surface area contributed by atoms with Crippen molar-refractivity contribution < 1.29 is 4.79 Å². The van der Waals surface area contributed by atoms with Crippen LogP contribution in [0.4, 0.5) is 0 Å². The summed E-state index contributed by atoms with van der Waals surface area (Å²) in [4.78, 5) is 16.3. The van der Waals surface area contributed by atoms with Crippen LogP contribution in [-0.2, 0) is 24.8 Å². The summed E-state index contributed by atoms with van der Waals surface area (Å²) < 4.78 is 3.62. The molecule has 0 aliphatic heterocycles. The molecule has 1 N–H and O–H groups in total. The topological polar surface area (TPSA) is 64.7 Å². The van der Waals surface area contributed by atoms with Crippen molar-refractivity contribution in [1.82, 2.24) is 24.6 Å². The molecule has 0 radical (unpaired) electrons. The molecular weight excluding hydrogens is 278 g/mol. The lowest BCUT2D eigenvalue weighted by atomic mass is 10.2. The number of nitrogens with one attached hydrogen (secondary N) is 1. The molecule has 2 rings (SSSR count). The van der Waals surface area contributed by atoms with Crippen molar-refractivity contribution in [2.45, 2.75) is 38.6 Å². The molecule has 2 heterocycles. The number of rotatable bonds is 5. The van der Waals surface area contributed by atoms with Crippen molar-refractivity contribution in [2.24, 2.45) is 7.05 Å². The van der Waals surface area contributed by atoms with Crippen molar-refractivity contribution in [3.05, 3.63) is 11.5 Å². The first kappa shape index (κ1) is 14.8. The van der Waals surface area contributed by atoms with Crippen LogP contribution in [0.1, 0.15) is 37.2 Å². The molecule has 0 spiro atoms. The van der Waals surface area contributed by atoms with E-state index in [0.717, 1.165) is 29.7 Å². The number of hydrogen-bond donors (Lipinski definition) is 1. The SMILES string of the molecule is CCCc1nn(C)c2c1nc(C(C)Cl)n2CC(=O)NC. The van der Waals surface area contributed by atoms with Crippen molar-refractivity contribution in [1.29, 1.82) is 0 Å². The Morgan fingerprint density at radius 1 is 1.50 bits per heavy atom. The summed E-state index contributed by atoms with van der Waals surface area (Å²) in [5.41, 5.74) is 2.65. The molecule has 2 aromatic rings. The van der Waals surface area contributed by atoms with Crippen LogP contribution in [0.2, 0.25) is 0 Å². The zero-order valence-electron chi connectivity index (χ0n) is 12.3. The number of imidazole rings is 1. The minimum atomic E-state index is -0.262. The summed E-state index contributed by atoms with van der Waals surface area (Å²) >= 11 is 6.20. The maximum Gasteiger partial charge on any atom is 0.239 e. The number of alkyl halides is 1. The van der Waals surface area contributed by atoms with E-state index in [4.69, 9.17) is 11.6 Å². The smallest absolute Gasteiger partial charge is 0.239 e. The highest BCUT2D eigenvalue weighted by Crippen LogP contribution is 2.26. The molecule has 0 saturated carbocycles. The number of aromatic nitrogens is 4. The molecule has 0 aliphatic rings. The first-order valence-electron chi connectivity index (χ1n) is 6.76. The predicted molar refractivity (Wildman–Crippen MR) is 78.8 cm³/mol. The molecule has 6 nitrogen and oxygen atoms in total. The third-order valence-corrected chi connectivity index (χ3v) is 3.44. The lowest BCUT2D eigenvalue weighted by Crippen LogP contribution is -2.25. The molecule has 0 fully saturated rings. The summed E-state index contributed by atoms with van der Waals surface area (Å²) in [6.45, 7) is 4.16. The number of fused-ring (bicyclic) bond motifs is 1. The molecular formula is C13H20ClN5O. The summed E-state index contributed by atoms with van der Waals surface area (Å²) in [6, 6.07) is 0. The van der Waals surface area contributed by atoms with E-state index < -0.39 is 0 Å². The summed E-state index contributed by atoms with van der Waals surface area (Å²) in [7, 11) is 3.48. The molecule has 2 aromatic heterocycles. The second-order valence-corrected chi connectivity index (χ2v) is 5.49. The van der Waals surface area contributed by atoms with Crippen LogP contribution in [0.5, 0.6) is 0 Å². The molecule has 0 aliphatic carbocycles. The van der Waals surface area contributed by atoms with Crippen LogP contribution < -0.4 is 5.32 Å². The first-order chi connectivity index (χ1) is 9.49.